The molecule has 0 saturated carbocycles. The van der Waals surface area contributed by atoms with Gasteiger partial charge in [0.05, 0.1) is 12.7 Å². The highest BCUT2D eigenvalue weighted by molar-refractivity contribution is 5.42. The number of aryl methyl sites for hydroxylation is 1. The standard InChI is InChI=1S/C15H22O2/c1-11(2)6-8-15(16)9-7-12-4-5-13(17-3)10-14(12)15/h4-5,10-11,16H,6-9H2,1-3H3. The molecule has 0 radical (unpaired) electrons. The molecule has 0 aliphatic heterocycles. The van der Waals surface area contributed by atoms with Crippen LogP contribution in [0.5, 0.6) is 5.75 Å². The fraction of sp³-hybridized carbons (Fsp3) is 0.600. The van der Waals surface area contributed by atoms with E-state index in [0.29, 0.717) is 5.92 Å². The molecule has 0 aromatic heterocycles. The van der Waals surface area contributed by atoms with Crippen LogP contribution in [0.4, 0.5) is 0 Å². The van der Waals surface area contributed by atoms with Gasteiger partial charge < -0.3 is 9.84 Å². The summed E-state index contributed by atoms with van der Waals surface area (Å²) in [5, 5.41) is 10.8. The van der Waals surface area contributed by atoms with E-state index in [0.717, 1.165) is 37.0 Å². The molecule has 2 rings (SSSR count). The van der Waals surface area contributed by atoms with Gasteiger partial charge in [-0.05, 0) is 54.9 Å². The maximum Gasteiger partial charge on any atom is 0.119 e. The Labute approximate surface area is 104 Å². The fourth-order valence-corrected chi connectivity index (χ4v) is 2.60. The van der Waals surface area contributed by atoms with Crippen molar-refractivity contribution in [2.24, 2.45) is 5.92 Å². The van der Waals surface area contributed by atoms with E-state index in [-0.39, 0.29) is 0 Å². The van der Waals surface area contributed by atoms with Crippen molar-refractivity contribution in [3.63, 3.8) is 0 Å². The van der Waals surface area contributed by atoms with Crippen molar-refractivity contribution in [1.29, 1.82) is 0 Å². The Morgan fingerprint density at radius 3 is 2.82 bits per heavy atom. The number of fused-ring (bicyclic) bond motifs is 1. The summed E-state index contributed by atoms with van der Waals surface area (Å²) in [5.74, 6) is 1.47. The Bertz CT molecular complexity index is 398. The summed E-state index contributed by atoms with van der Waals surface area (Å²) in [5.41, 5.74) is 1.73. The number of benzene rings is 1. The van der Waals surface area contributed by atoms with Gasteiger partial charge in [0.1, 0.15) is 5.75 Å². The largest absolute Gasteiger partial charge is 0.497 e. The van der Waals surface area contributed by atoms with Gasteiger partial charge in [0.15, 0.2) is 0 Å². The molecule has 1 aromatic carbocycles. The highest BCUT2D eigenvalue weighted by Gasteiger charge is 2.36. The molecule has 1 N–H and O–H groups in total. The van der Waals surface area contributed by atoms with Gasteiger partial charge in [-0.15, -0.1) is 0 Å². The molecule has 0 amide bonds. The quantitative estimate of drug-likeness (QED) is 0.866. The van der Waals surface area contributed by atoms with Crippen LogP contribution in [-0.4, -0.2) is 12.2 Å². The molecule has 0 fully saturated rings. The molecule has 1 atom stereocenters. The van der Waals surface area contributed by atoms with E-state index in [4.69, 9.17) is 4.74 Å². The van der Waals surface area contributed by atoms with Crippen LogP contribution in [0.25, 0.3) is 0 Å². The smallest absolute Gasteiger partial charge is 0.119 e. The van der Waals surface area contributed by atoms with Crippen LogP contribution in [0.1, 0.15) is 44.2 Å². The Morgan fingerprint density at radius 2 is 2.18 bits per heavy atom. The van der Waals surface area contributed by atoms with Crippen LogP contribution in [0.3, 0.4) is 0 Å². The van der Waals surface area contributed by atoms with Crippen LogP contribution in [0.15, 0.2) is 18.2 Å². The van der Waals surface area contributed by atoms with Gasteiger partial charge in [0.2, 0.25) is 0 Å². The lowest BCUT2D eigenvalue weighted by atomic mass is 9.88. The van der Waals surface area contributed by atoms with Crippen LogP contribution >= 0.6 is 0 Å². The molecule has 2 nitrogen and oxygen atoms in total. The zero-order valence-electron chi connectivity index (χ0n) is 11.0. The van der Waals surface area contributed by atoms with Crippen molar-refractivity contribution in [1.82, 2.24) is 0 Å². The minimum Gasteiger partial charge on any atom is -0.497 e. The molecular weight excluding hydrogens is 212 g/mol. The lowest BCUT2D eigenvalue weighted by Gasteiger charge is -2.25. The molecule has 1 unspecified atom stereocenters. The zero-order valence-corrected chi connectivity index (χ0v) is 11.0. The van der Waals surface area contributed by atoms with Crippen LogP contribution < -0.4 is 4.74 Å². The topological polar surface area (TPSA) is 29.5 Å². The van der Waals surface area contributed by atoms with Gasteiger partial charge in [-0.25, -0.2) is 0 Å². The van der Waals surface area contributed by atoms with E-state index in [1.54, 1.807) is 7.11 Å². The van der Waals surface area contributed by atoms with Gasteiger partial charge in [0.25, 0.3) is 0 Å². The summed E-state index contributed by atoms with van der Waals surface area (Å²) in [6, 6.07) is 6.07. The van der Waals surface area contributed by atoms with Crippen LogP contribution in [0.2, 0.25) is 0 Å². The fourth-order valence-electron chi connectivity index (χ4n) is 2.60. The van der Waals surface area contributed by atoms with E-state index in [1.165, 1.54) is 5.56 Å². The average Bonchev–Trinajstić information content (AvgIpc) is 2.65. The maximum atomic E-state index is 10.8. The zero-order chi connectivity index (χ0) is 12.5. The van der Waals surface area contributed by atoms with E-state index >= 15 is 0 Å². The molecule has 1 aliphatic carbocycles. The monoisotopic (exact) mass is 234 g/mol. The number of aliphatic hydroxyl groups is 1. The molecule has 1 aliphatic rings. The highest BCUT2D eigenvalue weighted by Crippen LogP contribution is 2.42. The summed E-state index contributed by atoms with van der Waals surface area (Å²) in [6.45, 7) is 4.40. The molecule has 2 heteroatoms. The van der Waals surface area contributed by atoms with E-state index in [2.05, 4.69) is 19.9 Å². The lowest BCUT2D eigenvalue weighted by Crippen LogP contribution is -2.22. The van der Waals surface area contributed by atoms with Crippen molar-refractivity contribution in [2.45, 2.75) is 45.1 Å². The first-order valence-electron chi connectivity index (χ1n) is 6.45. The van der Waals surface area contributed by atoms with E-state index < -0.39 is 5.60 Å². The Hall–Kier alpha value is -1.02. The number of hydrogen-bond acceptors (Lipinski definition) is 2. The molecule has 0 bridgehead atoms. The number of ether oxygens (including phenoxy) is 1. The lowest BCUT2D eigenvalue weighted by molar-refractivity contribution is 0.0240. The minimum absolute atomic E-state index is 0.631. The van der Waals surface area contributed by atoms with Crippen molar-refractivity contribution < 1.29 is 9.84 Å². The Kier molecular flexibility index (Phi) is 3.43. The van der Waals surface area contributed by atoms with E-state index in [9.17, 15) is 5.11 Å². The summed E-state index contributed by atoms with van der Waals surface area (Å²) in [7, 11) is 1.67. The second-order valence-electron chi connectivity index (χ2n) is 5.49. The molecule has 0 spiro atoms. The third-order valence-corrected chi connectivity index (χ3v) is 3.76. The normalized spacial score (nSPS) is 22.9. The number of hydrogen-bond donors (Lipinski definition) is 1. The second kappa shape index (κ2) is 4.69. The summed E-state index contributed by atoms with van der Waals surface area (Å²) >= 11 is 0. The molecule has 17 heavy (non-hydrogen) atoms. The van der Waals surface area contributed by atoms with Gasteiger partial charge >= 0.3 is 0 Å². The van der Waals surface area contributed by atoms with Crippen LogP contribution in [0, 0.1) is 5.92 Å². The van der Waals surface area contributed by atoms with Gasteiger partial charge in [-0.3, -0.25) is 0 Å². The summed E-state index contributed by atoms with van der Waals surface area (Å²) in [6.07, 6.45) is 3.74. The summed E-state index contributed by atoms with van der Waals surface area (Å²) < 4.78 is 5.25. The molecule has 1 aromatic rings. The highest BCUT2D eigenvalue weighted by atomic mass is 16.5. The minimum atomic E-state index is -0.631. The molecule has 0 heterocycles. The number of methoxy groups -OCH3 is 1. The predicted molar refractivity (Wildman–Crippen MR) is 69.3 cm³/mol. The first-order valence-corrected chi connectivity index (χ1v) is 6.45. The van der Waals surface area contributed by atoms with Crippen molar-refractivity contribution >= 4 is 0 Å². The third kappa shape index (κ3) is 2.47. The molecule has 94 valence electrons. The average molecular weight is 234 g/mol. The third-order valence-electron chi connectivity index (χ3n) is 3.76. The van der Waals surface area contributed by atoms with Crippen molar-refractivity contribution in [3.8, 4) is 5.75 Å². The van der Waals surface area contributed by atoms with Gasteiger partial charge in [0, 0.05) is 0 Å². The van der Waals surface area contributed by atoms with Gasteiger partial charge in [-0.1, -0.05) is 19.9 Å². The van der Waals surface area contributed by atoms with Crippen LogP contribution in [-0.2, 0) is 12.0 Å². The predicted octanol–water partition coefficient (Wildman–Crippen LogP) is 3.27. The second-order valence-corrected chi connectivity index (χ2v) is 5.49. The number of rotatable bonds is 4. The van der Waals surface area contributed by atoms with Gasteiger partial charge in [-0.2, -0.15) is 0 Å². The van der Waals surface area contributed by atoms with Crippen molar-refractivity contribution in [3.05, 3.63) is 29.3 Å². The summed E-state index contributed by atoms with van der Waals surface area (Å²) in [4.78, 5) is 0. The maximum absolute atomic E-state index is 10.8. The SMILES string of the molecule is COc1ccc2c(c1)C(O)(CCC(C)C)CC2. The van der Waals surface area contributed by atoms with E-state index in [1.807, 2.05) is 12.1 Å². The first kappa shape index (κ1) is 12.4. The Morgan fingerprint density at radius 1 is 1.41 bits per heavy atom. The molecule has 0 saturated heterocycles. The molecular formula is C15H22O2. The Balaban J connectivity index is 2.24. The first-order chi connectivity index (χ1) is 8.05. The van der Waals surface area contributed by atoms with Crippen molar-refractivity contribution in [2.75, 3.05) is 7.11 Å².